The molecule has 2 N–H and O–H groups in total. The molecule has 0 spiro atoms. The maximum atomic E-state index is 12.9. The number of aliphatic imine (C=N–C) groups is 1. The Hall–Kier alpha value is -3.98. The lowest BCUT2D eigenvalue weighted by molar-refractivity contribution is -0.121. The van der Waals surface area contributed by atoms with Gasteiger partial charge in [0, 0.05) is 19.0 Å². The van der Waals surface area contributed by atoms with Gasteiger partial charge < -0.3 is 9.88 Å². The number of rotatable bonds is 6. The summed E-state index contributed by atoms with van der Waals surface area (Å²) >= 11 is 0. The van der Waals surface area contributed by atoms with Crippen LogP contribution in [0.2, 0.25) is 0 Å². The SMILES string of the molecule is Cn1c(C(NC(=O)CCN=C2NS(=O)(=O)c3ccccc32)c2ccccc2)nc2ccccc21. The molecule has 1 aliphatic rings. The van der Waals surface area contributed by atoms with Crippen LogP contribution in [0.5, 0.6) is 0 Å². The highest BCUT2D eigenvalue weighted by Crippen LogP contribution is 2.25. The van der Waals surface area contributed by atoms with Crippen molar-refractivity contribution < 1.29 is 13.2 Å². The number of benzene rings is 3. The molecule has 1 aromatic heterocycles. The van der Waals surface area contributed by atoms with E-state index in [1.54, 1.807) is 18.2 Å². The first-order valence-electron chi connectivity index (χ1n) is 10.9. The molecule has 1 unspecified atom stereocenters. The number of amides is 1. The van der Waals surface area contributed by atoms with Crippen molar-refractivity contribution in [3.63, 3.8) is 0 Å². The van der Waals surface area contributed by atoms with Crippen molar-refractivity contribution in [2.75, 3.05) is 6.54 Å². The number of fused-ring (bicyclic) bond motifs is 2. The summed E-state index contributed by atoms with van der Waals surface area (Å²) in [5, 5.41) is 3.08. The predicted octanol–water partition coefficient (Wildman–Crippen LogP) is 2.91. The van der Waals surface area contributed by atoms with Crippen molar-refractivity contribution in [1.82, 2.24) is 19.6 Å². The second-order valence-electron chi connectivity index (χ2n) is 8.01. The number of amidine groups is 1. The molecule has 0 aliphatic carbocycles. The number of carbonyl (C=O) groups is 1. The second-order valence-corrected chi connectivity index (χ2v) is 9.66. The molecule has 0 saturated heterocycles. The monoisotopic (exact) mass is 473 g/mol. The summed E-state index contributed by atoms with van der Waals surface area (Å²) in [6.45, 7) is 0.141. The van der Waals surface area contributed by atoms with Gasteiger partial charge in [-0.1, -0.05) is 54.6 Å². The van der Waals surface area contributed by atoms with Crippen LogP contribution in [0.1, 0.15) is 29.4 Å². The Morgan fingerprint density at radius 3 is 2.53 bits per heavy atom. The number of carbonyl (C=O) groups excluding carboxylic acids is 1. The highest BCUT2D eigenvalue weighted by Gasteiger charge is 2.30. The van der Waals surface area contributed by atoms with Crippen molar-refractivity contribution in [3.05, 3.63) is 95.8 Å². The number of hydrogen-bond acceptors (Lipinski definition) is 5. The molecule has 8 nitrogen and oxygen atoms in total. The van der Waals surface area contributed by atoms with Crippen molar-refractivity contribution in [1.29, 1.82) is 0 Å². The minimum Gasteiger partial charge on any atom is -0.342 e. The number of nitrogens with one attached hydrogen (secondary N) is 2. The summed E-state index contributed by atoms with van der Waals surface area (Å²) in [6.07, 6.45) is 0.0979. The molecule has 5 rings (SSSR count). The van der Waals surface area contributed by atoms with Crippen LogP contribution in [0.25, 0.3) is 11.0 Å². The highest BCUT2D eigenvalue weighted by molar-refractivity contribution is 7.90. The summed E-state index contributed by atoms with van der Waals surface area (Å²) < 4.78 is 28.9. The molecular weight excluding hydrogens is 450 g/mol. The molecule has 1 atom stereocenters. The number of aromatic nitrogens is 2. The minimum absolute atomic E-state index is 0.0979. The van der Waals surface area contributed by atoms with Crippen molar-refractivity contribution in [2.45, 2.75) is 17.4 Å². The topological polar surface area (TPSA) is 105 Å². The largest absolute Gasteiger partial charge is 0.342 e. The lowest BCUT2D eigenvalue weighted by Gasteiger charge is -2.19. The second kappa shape index (κ2) is 8.75. The van der Waals surface area contributed by atoms with Crippen molar-refractivity contribution in [2.24, 2.45) is 12.0 Å². The Morgan fingerprint density at radius 2 is 1.74 bits per heavy atom. The minimum atomic E-state index is -3.61. The molecule has 2 heterocycles. The van der Waals surface area contributed by atoms with Crippen LogP contribution < -0.4 is 10.0 Å². The van der Waals surface area contributed by atoms with Crippen molar-refractivity contribution >= 4 is 32.8 Å². The Morgan fingerprint density at radius 1 is 1.03 bits per heavy atom. The Bertz CT molecular complexity index is 1510. The molecule has 1 amide bonds. The maximum Gasteiger partial charge on any atom is 0.263 e. The third kappa shape index (κ3) is 4.06. The molecule has 3 aromatic carbocycles. The van der Waals surface area contributed by atoms with Gasteiger partial charge in [0.1, 0.15) is 17.7 Å². The van der Waals surface area contributed by atoms with E-state index in [2.05, 4.69) is 15.0 Å². The lowest BCUT2D eigenvalue weighted by Crippen LogP contribution is -2.31. The van der Waals surface area contributed by atoms with Crippen LogP contribution in [0.3, 0.4) is 0 Å². The first kappa shape index (κ1) is 21.8. The van der Waals surface area contributed by atoms with Gasteiger partial charge in [0.25, 0.3) is 10.0 Å². The normalized spacial score (nSPS) is 16.2. The molecule has 1 aliphatic heterocycles. The quantitative estimate of drug-likeness (QED) is 0.449. The first-order valence-corrected chi connectivity index (χ1v) is 12.3. The standard InChI is InChI=1S/C25H23N5O3S/c1-30-20-13-7-6-12-19(20)27-25(30)23(17-9-3-2-4-10-17)28-22(31)15-16-26-24-18-11-5-8-14-21(18)34(32,33)29-24/h2-14,23H,15-16H2,1H3,(H,26,29)(H,28,31). The zero-order chi connectivity index (χ0) is 23.7. The zero-order valence-electron chi connectivity index (χ0n) is 18.5. The van der Waals surface area contributed by atoms with Gasteiger partial charge in [-0.2, -0.15) is 0 Å². The van der Waals surface area contributed by atoms with E-state index in [4.69, 9.17) is 4.98 Å². The van der Waals surface area contributed by atoms with Crippen LogP contribution in [0.15, 0.2) is 88.8 Å². The van der Waals surface area contributed by atoms with Crippen molar-refractivity contribution in [3.8, 4) is 0 Å². The van der Waals surface area contributed by atoms with Gasteiger partial charge in [0.15, 0.2) is 0 Å². The average molecular weight is 474 g/mol. The van der Waals surface area contributed by atoms with Crippen LogP contribution in [0.4, 0.5) is 0 Å². The van der Waals surface area contributed by atoms with Gasteiger partial charge >= 0.3 is 0 Å². The number of hydrogen-bond donors (Lipinski definition) is 2. The zero-order valence-corrected chi connectivity index (χ0v) is 19.3. The summed E-state index contributed by atoms with van der Waals surface area (Å²) in [6, 6.07) is 23.7. The van der Waals surface area contributed by atoms with Gasteiger partial charge in [0.2, 0.25) is 5.91 Å². The molecule has 172 valence electrons. The number of imidazole rings is 1. The number of para-hydroxylation sites is 2. The van der Waals surface area contributed by atoms with E-state index in [9.17, 15) is 13.2 Å². The Labute approximate surface area is 197 Å². The summed E-state index contributed by atoms with van der Waals surface area (Å²) in [7, 11) is -1.67. The van der Waals surface area contributed by atoms with Gasteiger partial charge in [0.05, 0.1) is 22.5 Å². The highest BCUT2D eigenvalue weighted by atomic mass is 32.2. The van der Waals surface area contributed by atoms with Crippen LogP contribution in [-0.2, 0) is 21.9 Å². The van der Waals surface area contributed by atoms with E-state index in [0.29, 0.717) is 5.56 Å². The fourth-order valence-electron chi connectivity index (χ4n) is 4.12. The van der Waals surface area contributed by atoms with E-state index in [1.807, 2.05) is 66.2 Å². The Balaban J connectivity index is 1.36. The van der Waals surface area contributed by atoms with Gasteiger partial charge in [-0.25, -0.2) is 13.4 Å². The lowest BCUT2D eigenvalue weighted by atomic mass is 10.1. The average Bonchev–Trinajstić information content (AvgIpc) is 3.32. The van der Waals surface area contributed by atoms with Gasteiger partial charge in [-0.15, -0.1) is 0 Å². The maximum absolute atomic E-state index is 12.9. The van der Waals surface area contributed by atoms with E-state index in [-0.39, 0.29) is 29.6 Å². The molecule has 9 heteroatoms. The summed E-state index contributed by atoms with van der Waals surface area (Å²) in [5.74, 6) is 0.780. The van der Waals surface area contributed by atoms with Crippen LogP contribution >= 0.6 is 0 Å². The van der Waals surface area contributed by atoms with Gasteiger partial charge in [-0.05, 0) is 29.8 Å². The third-order valence-corrected chi connectivity index (χ3v) is 7.19. The number of nitrogens with zero attached hydrogens (tertiary/aromatic N) is 3. The molecule has 0 radical (unpaired) electrons. The first-order chi connectivity index (χ1) is 16.4. The molecular formula is C25H23N5O3S. The fourth-order valence-corrected chi connectivity index (χ4v) is 5.37. The molecule has 0 fully saturated rings. The molecule has 4 aromatic rings. The molecule has 0 bridgehead atoms. The van der Waals surface area contributed by atoms with Crippen LogP contribution in [-0.4, -0.2) is 36.3 Å². The third-order valence-electron chi connectivity index (χ3n) is 5.79. The molecule has 34 heavy (non-hydrogen) atoms. The summed E-state index contributed by atoms with van der Waals surface area (Å²) in [4.78, 5) is 22.2. The smallest absolute Gasteiger partial charge is 0.263 e. The Kier molecular flexibility index (Phi) is 5.62. The van der Waals surface area contributed by atoms with E-state index in [1.165, 1.54) is 6.07 Å². The fraction of sp³-hybridized carbons (Fsp3) is 0.160. The van der Waals surface area contributed by atoms with E-state index in [0.717, 1.165) is 22.4 Å². The van der Waals surface area contributed by atoms with E-state index >= 15 is 0 Å². The predicted molar refractivity (Wildman–Crippen MR) is 130 cm³/mol. The van der Waals surface area contributed by atoms with Crippen LogP contribution in [0, 0.1) is 0 Å². The van der Waals surface area contributed by atoms with E-state index < -0.39 is 16.1 Å². The summed E-state index contributed by atoms with van der Waals surface area (Å²) in [5.41, 5.74) is 3.27. The number of sulfonamides is 1. The van der Waals surface area contributed by atoms with Gasteiger partial charge in [-0.3, -0.25) is 14.5 Å². The number of aryl methyl sites for hydroxylation is 1. The molecule has 0 saturated carbocycles.